The van der Waals surface area contributed by atoms with Crippen LogP contribution < -0.4 is 5.73 Å². The van der Waals surface area contributed by atoms with Crippen LogP contribution in [0.1, 0.15) is 6.42 Å². The third-order valence-corrected chi connectivity index (χ3v) is 0.734. The number of nitrogens with zero attached hydrogens (tertiary/aromatic N) is 1. The van der Waals surface area contributed by atoms with Gasteiger partial charge in [-0.25, -0.2) is 0 Å². The highest BCUT2D eigenvalue weighted by atomic mass is 16.5. The summed E-state index contributed by atoms with van der Waals surface area (Å²) in [7, 11) is 1.57. The first kappa shape index (κ1) is 7.41. The molecule has 0 aromatic rings. The minimum absolute atomic E-state index is 0.120. The Morgan fingerprint density at radius 3 is 2.88 bits per heavy atom. The molecule has 0 aliphatic rings. The SMILES string of the molecule is COC[C@@H](N)CC#N. The lowest BCUT2D eigenvalue weighted by atomic mass is 10.2. The van der Waals surface area contributed by atoms with Crippen LogP contribution in [-0.2, 0) is 4.74 Å². The number of rotatable bonds is 3. The van der Waals surface area contributed by atoms with E-state index < -0.39 is 0 Å². The monoisotopic (exact) mass is 114 g/mol. The predicted octanol–water partition coefficient (Wildman–Crippen LogP) is -0.126. The summed E-state index contributed by atoms with van der Waals surface area (Å²) in [6.07, 6.45) is 0.369. The molecule has 3 heteroatoms. The van der Waals surface area contributed by atoms with E-state index in [4.69, 9.17) is 11.0 Å². The van der Waals surface area contributed by atoms with E-state index in [1.165, 1.54) is 0 Å². The zero-order valence-electron chi connectivity index (χ0n) is 4.92. The minimum Gasteiger partial charge on any atom is -0.383 e. The van der Waals surface area contributed by atoms with Gasteiger partial charge in [0.1, 0.15) is 0 Å². The Balaban J connectivity index is 3.08. The maximum Gasteiger partial charge on any atom is 0.0638 e. The van der Waals surface area contributed by atoms with Crippen LogP contribution in [0.4, 0.5) is 0 Å². The first-order valence-corrected chi connectivity index (χ1v) is 2.42. The van der Waals surface area contributed by atoms with Gasteiger partial charge in [-0.05, 0) is 0 Å². The molecule has 0 radical (unpaired) electrons. The second-order valence-electron chi connectivity index (χ2n) is 1.58. The average Bonchev–Trinajstić information content (AvgIpc) is 1.68. The summed E-state index contributed by atoms with van der Waals surface area (Å²) in [4.78, 5) is 0. The van der Waals surface area contributed by atoms with Crippen LogP contribution in [0.2, 0.25) is 0 Å². The van der Waals surface area contributed by atoms with Crippen molar-refractivity contribution in [2.75, 3.05) is 13.7 Å². The first-order valence-electron chi connectivity index (χ1n) is 2.42. The lowest BCUT2D eigenvalue weighted by molar-refractivity contribution is 0.181. The normalized spacial score (nSPS) is 12.6. The number of hydrogen-bond donors (Lipinski definition) is 1. The summed E-state index contributed by atoms with van der Waals surface area (Å²) in [6, 6.07) is 1.83. The van der Waals surface area contributed by atoms with E-state index in [1.807, 2.05) is 6.07 Å². The third-order valence-electron chi connectivity index (χ3n) is 0.734. The number of ether oxygens (including phenoxy) is 1. The van der Waals surface area contributed by atoms with Gasteiger partial charge in [0.2, 0.25) is 0 Å². The van der Waals surface area contributed by atoms with E-state index in [2.05, 4.69) is 4.74 Å². The van der Waals surface area contributed by atoms with Gasteiger partial charge in [0.15, 0.2) is 0 Å². The quantitative estimate of drug-likeness (QED) is 0.556. The summed E-state index contributed by atoms with van der Waals surface area (Å²) < 4.78 is 4.68. The summed E-state index contributed by atoms with van der Waals surface area (Å²) in [6.45, 7) is 0.466. The van der Waals surface area contributed by atoms with E-state index >= 15 is 0 Å². The standard InChI is InChI=1S/C5H10N2O/c1-8-4-5(7)2-3-6/h5H,2,4,7H2,1H3/t5-/m0/s1. The average molecular weight is 114 g/mol. The Morgan fingerprint density at radius 1 is 1.88 bits per heavy atom. The fourth-order valence-corrected chi connectivity index (χ4v) is 0.390. The van der Waals surface area contributed by atoms with Gasteiger partial charge in [0, 0.05) is 13.2 Å². The highest BCUT2D eigenvalue weighted by Crippen LogP contribution is 1.83. The maximum atomic E-state index is 8.08. The van der Waals surface area contributed by atoms with Crippen LogP contribution in [0, 0.1) is 11.3 Å². The van der Waals surface area contributed by atoms with Crippen molar-refractivity contribution in [1.29, 1.82) is 5.26 Å². The lowest BCUT2D eigenvalue weighted by Gasteiger charge is -2.02. The van der Waals surface area contributed by atoms with Crippen LogP contribution in [0.25, 0.3) is 0 Å². The van der Waals surface area contributed by atoms with Crippen LogP contribution in [0.3, 0.4) is 0 Å². The van der Waals surface area contributed by atoms with E-state index in [0.29, 0.717) is 13.0 Å². The summed E-state index contributed by atoms with van der Waals surface area (Å²) in [5.41, 5.74) is 5.35. The second kappa shape index (κ2) is 4.57. The van der Waals surface area contributed by atoms with Gasteiger partial charge in [0.05, 0.1) is 19.1 Å². The molecule has 2 N–H and O–H groups in total. The molecule has 1 atom stereocenters. The smallest absolute Gasteiger partial charge is 0.0638 e. The maximum absolute atomic E-state index is 8.08. The molecule has 8 heavy (non-hydrogen) atoms. The number of methoxy groups -OCH3 is 1. The molecule has 0 aliphatic carbocycles. The number of nitrogens with two attached hydrogens (primary N) is 1. The molecule has 0 fully saturated rings. The summed E-state index contributed by atoms with van der Waals surface area (Å²) in [5.74, 6) is 0. The van der Waals surface area contributed by atoms with Crippen LogP contribution in [0.5, 0.6) is 0 Å². The van der Waals surface area contributed by atoms with Gasteiger partial charge in [-0.2, -0.15) is 5.26 Å². The lowest BCUT2D eigenvalue weighted by Crippen LogP contribution is -2.24. The van der Waals surface area contributed by atoms with Gasteiger partial charge in [-0.1, -0.05) is 0 Å². The van der Waals surface area contributed by atoms with Crippen molar-refractivity contribution in [3.8, 4) is 6.07 Å². The molecule has 0 aromatic carbocycles. The molecule has 0 aliphatic heterocycles. The Labute approximate surface area is 49.0 Å². The minimum atomic E-state index is -0.120. The van der Waals surface area contributed by atoms with Crippen molar-refractivity contribution in [3.05, 3.63) is 0 Å². The van der Waals surface area contributed by atoms with Crippen molar-refractivity contribution in [2.45, 2.75) is 12.5 Å². The van der Waals surface area contributed by atoms with Crippen molar-refractivity contribution in [1.82, 2.24) is 0 Å². The van der Waals surface area contributed by atoms with E-state index in [-0.39, 0.29) is 6.04 Å². The molecule has 0 rings (SSSR count). The zero-order valence-corrected chi connectivity index (χ0v) is 4.92. The first-order chi connectivity index (χ1) is 3.81. The van der Waals surface area contributed by atoms with Crippen molar-refractivity contribution in [2.24, 2.45) is 5.73 Å². The molecule has 46 valence electrons. The molecule has 0 heterocycles. The van der Waals surface area contributed by atoms with Crippen molar-refractivity contribution in [3.63, 3.8) is 0 Å². The summed E-state index contributed by atoms with van der Waals surface area (Å²) >= 11 is 0. The van der Waals surface area contributed by atoms with E-state index in [0.717, 1.165) is 0 Å². The van der Waals surface area contributed by atoms with Gasteiger partial charge >= 0.3 is 0 Å². The third kappa shape index (κ3) is 3.59. The van der Waals surface area contributed by atoms with Crippen LogP contribution >= 0.6 is 0 Å². The Morgan fingerprint density at radius 2 is 2.50 bits per heavy atom. The van der Waals surface area contributed by atoms with Gasteiger partial charge in [-0.15, -0.1) is 0 Å². The number of hydrogen-bond acceptors (Lipinski definition) is 3. The molecule has 3 nitrogen and oxygen atoms in total. The highest BCUT2D eigenvalue weighted by Gasteiger charge is 1.97. The highest BCUT2D eigenvalue weighted by molar-refractivity contribution is 4.77. The Kier molecular flexibility index (Phi) is 4.23. The fraction of sp³-hybridized carbons (Fsp3) is 0.800. The molecule has 0 spiro atoms. The Bertz CT molecular complexity index is 86.9. The topological polar surface area (TPSA) is 59.0 Å². The van der Waals surface area contributed by atoms with Crippen molar-refractivity contribution >= 4 is 0 Å². The molecule has 0 saturated heterocycles. The zero-order chi connectivity index (χ0) is 6.41. The molecule has 0 unspecified atom stereocenters. The molecule has 0 bridgehead atoms. The van der Waals surface area contributed by atoms with Crippen LogP contribution in [-0.4, -0.2) is 19.8 Å². The molecule has 0 aromatic heterocycles. The second-order valence-corrected chi connectivity index (χ2v) is 1.58. The molecular formula is C5H10N2O. The van der Waals surface area contributed by atoms with E-state index in [9.17, 15) is 0 Å². The molecule has 0 saturated carbocycles. The fourth-order valence-electron chi connectivity index (χ4n) is 0.390. The predicted molar refractivity (Wildman–Crippen MR) is 30.1 cm³/mol. The largest absolute Gasteiger partial charge is 0.383 e. The van der Waals surface area contributed by atoms with Crippen molar-refractivity contribution < 1.29 is 4.74 Å². The van der Waals surface area contributed by atoms with Gasteiger partial charge < -0.3 is 10.5 Å². The van der Waals surface area contributed by atoms with E-state index in [1.54, 1.807) is 7.11 Å². The van der Waals surface area contributed by atoms with Gasteiger partial charge in [-0.3, -0.25) is 0 Å². The Hall–Kier alpha value is -0.590. The number of nitriles is 1. The summed E-state index contributed by atoms with van der Waals surface area (Å²) in [5, 5.41) is 8.08. The molecular weight excluding hydrogens is 104 g/mol. The van der Waals surface area contributed by atoms with Crippen LogP contribution in [0.15, 0.2) is 0 Å². The van der Waals surface area contributed by atoms with Gasteiger partial charge in [0.25, 0.3) is 0 Å². The molecule has 0 amide bonds.